The van der Waals surface area contributed by atoms with Crippen LogP contribution in [0, 0.1) is 11.3 Å². The fourth-order valence-electron chi connectivity index (χ4n) is 1.32. The van der Waals surface area contributed by atoms with Gasteiger partial charge < -0.3 is 10.5 Å². The summed E-state index contributed by atoms with van der Waals surface area (Å²) in [6.07, 6.45) is 0.208. The first-order valence-electron chi connectivity index (χ1n) is 5.56. The molecule has 1 atom stereocenters. The lowest BCUT2D eigenvalue weighted by molar-refractivity contribution is 0.0234. The molecule has 0 spiro atoms. The van der Waals surface area contributed by atoms with Crippen molar-refractivity contribution in [3.05, 3.63) is 35.4 Å². The van der Waals surface area contributed by atoms with Gasteiger partial charge in [0.05, 0.1) is 12.7 Å². The van der Waals surface area contributed by atoms with Crippen molar-refractivity contribution in [2.45, 2.75) is 33.5 Å². The number of benzene rings is 1. The normalized spacial score (nSPS) is 12.8. The summed E-state index contributed by atoms with van der Waals surface area (Å²) in [5, 5.41) is 7.47. The van der Waals surface area contributed by atoms with Gasteiger partial charge in [-0.3, -0.25) is 5.41 Å². The quantitative estimate of drug-likeness (QED) is 0.591. The Morgan fingerprint density at radius 1 is 1.31 bits per heavy atom. The minimum absolute atomic E-state index is 0.0939. The van der Waals surface area contributed by atoms with E-state index in [1.807, 2.05) is 24.3 Å². The predicted octanol–water partition coefficient (Wildman–Crippen LogP) is 2.53. The van der Waals surface area contributed by atoms with Gasteiger partial charge in [-0.05, 0) is 18.4 Å². The molecule has 16 heavy (non-hydrogen) atoms. The highest BCUT2D eigenvalue weighted by Crippen LogP contribution is 2.13. The second kappa shape index (κ2) is 5.66. The van der Waals surface area contributed by atoms with Gasteiger partial charge in [-0.1, -0.05) is 38.1 Å². The van der Waals surface area contributed by atoms with Crippen LogP contribution in [0.3, 0.4) is 0 Å². The third kappa shape index (κ3) is 3.35. The van der Waals surface area contributed by atoms with Crippen LogP contribution in [0.25, 0.3) is 0 Å². The number of nitrogens with one attached hydrogen (secondary N) is 1. The molecule has 3 nitrogen and oxygen atoms in total. The Hall–Kier alpha value is -1.35. The average Bonchev–Trinajstić information content (AvgIpc) is 2.25. The van der Waals surface area contributed by atoms with E-state index in [-0.39, 0.29) is 11.9 Å². The van der Waals surface area contributed by atoms with Gasteiger partial charge in [-0.2, -0.15) is 0 Å². The third-order valence-corrected chi connectivity index (χ3v) is 2.75. The van der Waals surface area contributed by atoms with Gasteiger partial charge >= 0.3 is 0 Å². The maximum atomic E-state index is 7.47. The molecule has 0 radical (unpaired) electrons. The van der Waals surface area contributed by atoms with Crippen molar-refractivity contribution in [3.63, 3.8) is 0 Å². The van der Waals surface area contributed by atoms with Crippen molar-refractivity contribution in [2.24, 2.45) is 11.7 Å². The van der Waals surface area contributed by atoms with Crippen LogP contribution in [-0.4, -0.2) is 11.9 Å². The van der Waals surface area contributed by atoms with Gasteiger partial charge in [0, 0.05) is 5.56 Å². The van der Waals surface area contributed by atoms with Gasteiger partial charge in [-0.15, -0.1) is 0 Å². The van der Waals surface area contributed by atoms with Gasteiger partial charge in [-0.25, -0.2) is 0 Å². The number of hydrogen-bond donors (Lipinski definition) is 2. The number of hydrogen-bond acceptors (Lipinski definition) is 2. The summed E-state index contributed by atoms with van der Waals surface area (Å²) in [7, 11) is 0. The van der Waals surface area contributed by atoms with Crippen LogP contribution < -0.4 is 5.73 Å². The summed E-state index contributed by atoms with van der Waals surface area (Å²) in [5.41, 5.74) is 7.25. The molecule has 0 fully saturated rings. The molecule has 1 aromatic carbocycles. The molecule has 0 aliphatic heterocycles. The Morgan fingerprint density at radius 2 is 1.94 bits per heavy atom. The van der Waals surface area contributed by atoms with E-state index in [1.54, 1.807) is 0 Å². The van der Waals surface area contributed by atoms with Gasteiger partial charge in [0.15, 0.2) is 0 Å². The minimum atomic E-state index is 0.0939. The highest BCUT2D eigenvalue weighted by molar-refractivity contribution is 5.96. The van der Waals surface area contributed by atoms with Crippen LogP contribution in [0.1, 0.15) is 31.9 Å². The van der Waals surface area contributed by atoms with Crippen molar-refractivity contribution >= 4 is 5.84 Å². The molecule has 3 heteroatoms. The molecule has 1 aromatic rings. The number of ether oxygens (including phenoxy) is 1. The zero-order valence-electron chi connectivity index (χ0n) is 10.2. The van der Waals surface area contributed by atoms with Crippen LogP contribution in [0.15, 0.2) is 24.3 Å². The largest absolute Gasteiger partial charge is 0.384 e. The first kappa shape index (κ1) is 12.7. The molecule has 0 aromatic heterocycles. The maximum absolute atomic E-state index is 7.47. The van der Waals surface area contributed by atoms with Gasteiger partial charge in [0.25, 0.3) is 0 Å². The van der Waals surface area contributed by atoms with E-state index in [0.717, 1.165) is 11.1 Å². The Morgan fingerprint density at radius 3 is 2.50 bits per heavy atom. The predicted molar refractivity (Wildman–Crippen MR) is 66.5 cm³/mol. The smallest absolute Gasteiger partial charge is 0.123 e. The second-order valence-electron chi connectivity index (χ2n) is 4.33. The summed E-state index contributed by atoms with van der Waals surface area (Å²) in [4.78, 5) is 0. The van der Waals surface area contributed by atoms with E-state index >= 15 is 0 Å². The van der Waals surface area contributed by atoms with Crippen LogP contribution in [0.5, 0.6) is 0 Å². The molecule has 1 unspecified atom stereocenters. The zero-order chi connectivity index (χ0) is 12.1. The fourth-order valence-corrected chi connectivity index (χ4v) is 1.32. The molecule has 1 rings (SSSR count). The molecule has 88 valence electrons. The molecular weight excluding hydrogens is 200 g/mol. The lowest BCUT2D eigenvalue weighted by atomic mass is 10.1. The Labute approximate surface area is 97.1 Å². The minimum Gasteiger partial charge on any atom is -0.384 e. The molecular formula is C13H20N2O. The van der Waals surface area contributed by atoms with Crippen LogP contribution in [-0.2, 0) is 11.3 Å². The molecule has 0 bridgehead atoms. The van der Waals surface area contributed by atoms with Crippen molar-refractivity contribution in [2.75, 3.05) is 0 Å². The number of rotatable bonds is 5. The van der Waals surface area contributed by atoms with Gasteiger partial charge in [0.2, 0.25) is 0 Å². The van der Waals surface area contributed by atoms with Crippen LogP contribution in [0.4, 0.5) is 0 Å². The third-order valence-electron chi connectivity index (χ3n) is 2.75. The molecule has 0 saturated heterocycles. The molecule has 0 saturated carbocycles. The topological polar surface area (TPSA) is 59.1 Å². The molecule has 0 aliphatic rings. The zero-order valence-corrected chi connectivity index (χ0v) is 10.2. The molecule has 0 amide bonds. The number of amidine groups is 1. The lowest BCUT2D eigenvalue weighted by Gasteiger charge is -2.17. The first-order valence-corrected chi connectivity index (χ1v) is 5.56. The van der Waals surface area contributed by atoms with Crippen molar-refractivity contribution in [1.29, 1.82) is 5.41 Å². The van der Waals surface area contributed by atoms with Crippen LogP contribution in [0.2, 0.25) is 0 Å². The van der Waals surface area contributed by atoms with E-state index in [2.05, 4.69) is 20.8 Å². The highest BCUT2D eigenvalue weighted by Gasteiger charge is 2.09. The van der Waals surface area contributed by atoms with E-state index in [9.17, 15) is 0 Å². The highest BCUT2D eigenvalue weighted by atomic mass is 16.5. The van der Waals surface area contributed by atoms with Gasteiger partial charge in [0.1, 0.15) is 5.84 Å². The maximum Gasteiger partial charge on any atom is 0.123 e. The summed E-state index contributed by atoms with van der Waals surface area (Å²) >= 11 is 0. The summed E-state index contributed by atoms with van der Waals surface area (Å²) in [5.74, 6) is 0.584. The first-order chi connectivity index (χ1) is 7.52. The second-order valence-corrected chi connectivity index (χ2v) is 4.33. The lowest BCUT2D eigenvalue weighted by Crippen LogP contribution is -2.18. The van der Waals surface area contributed by atoms with Crippen molar-refractivity contribution < 1.29 is 4.74 Å². The van der Waals surface area contributed by atoms with Crippen molar-refractivity contribution in [1.82, 2.24) is 0 Å². The molecule has 0 heterocycles. The fraction of sp³-hybridized carbons (Fsp3) is 0.462. The van der Waals surface area contributed by atoms with Crippen LogP contribution >= 0.6 is 0 Å². The van der Waals surface area contributed by atoms with E-state index in [1.165, 1.54) is 0 Å². The van der Waals surface area contributed by atoms with Crippen molar-refractivity contribution in [3.8, 4) is 0 Å². The number of nitrogens with two attached hydrogens (primary N) is 1. The Bertz CT molecular complexity index is 361. The molecule has 0 aliphatic carbocycles. The summed E-state index contributed by atoms with van der Waals surface area (Å²) in [6.45, 7) is 6.82. The Kier molecular flexibility index (Phi) is 4.50. The SMILES string of the molecule is CC(C)C(C)OCc1ccccc1C(=N)N. The standard InChI is InChI=1S/C13H20N2O/c1-9(2)10(3)16-8-11-6-4-5-7-12(11)13(14)15/h4-7,9-10H,8H2,1-3H3,(H3,14,15). The summed E-state index contributed by atoms with van der Waals surface area (Å²) in [6, 6.07) is 7.61. The monoisotopic (exact) mass is 220 g/mol. The summed E-state index contributed by atoms with van der Waals surface area (Å²) < 4.78 is 5.73. The average molecular weight is 220 g/mol. The van der Waals surface area contributed by atoms with E-state index in [4.69, 9.17) is 15.9 Å². The van der Waals surface area contributed by atoms with E-state index < -0.39 is 0 Å². The number of nitrogen functional groups attached to an aromatic ring is 1. The van der Waals surface area contributed by atoms with E-state index in [0.29, 0.717) is 12.5 Å². The Balaban J connectivity index is 2.70. The molecule has 3 N–H and O–H groups in total.